The summed E-state index contributed by atoms with van der Waals surface area (Å²) in [5, 5.41) is 3.62. The number of rotatable bonds is 6. The quantitative estimate of drug-likeness (QED) is 0.816. The molecule has 5 unspecified atom stereocenters. The van der Waals surface area contributed by atoms with Crippen LogP contribution in [0.3, 0.4) is 0 Å². The summed E-state index contributed by atoms with van der Waals surface area (Å²) < 4.78 is 12.0. The third-order valence-corrected chi connectivity index (χ3v) is 7.19. The summed E-state index contributed by atoms with van der Waals surface area (Å²) in [5.41, 5.74) is 0.822. The molecule has 2 aliphatic carbocycles. The van der Waals surface area contributed by atoms with E-state index in [1.807, 2.05) is 0 Å². The summed E-state index contributed by atoms with van der Waals surface area (Å²) in [7, 11) is 0. The summed E-state index contributed by atoms with van der Waals surface area (Å²) in [6.07, 6.45) is 5.64. The van der Waals surface area contributed by atoms with Gasteiger partial charge in [0.1, 0.15) is 0 Å². The first-order valence-corrected chi connectivity index (χ1v) is 8.91. The minimum Gasteiger partial charge on any atom is -0.381 e. The molecule has 122 valence electrons. The molecule has 3 nitrogen and oxygen atoms in total. The lowest BCUT2D eigenvalue weighted by atomic mass is 9.70. The van der Waals surface area contributed by atoms with Crippen molar-refractivity contribution < 1.29 is 9.47 Å². The van der Waals surface area contributed by atoms with Gasteiger partial charge in [-0.2, -0.15) is 0 Å². The average Bonchev–Trinajstić information content (AvgIpc) is 3.09. The fourth-order valence-corrected chi connectivity index (χ4v) is 5.10. The Morgan fingerprint density at radius 1 is 1.29 bits per heavy atom. The lowest BCUT2D eigenvalue weighted by molar-refractivity contribution is -0.0581. The Hall–Kier alpha value is -0.120. The molecule has 2 saturated carbocycles. The molecule has 3 aliphatic rings. The van der Waals surface area contributed by atoms with Gasteiger partial charge in [0.05, 0.1) is 19.3 Å². The Balaban J connectivity index is 1.59. The van der Waals surface area contributed by atoms with Crippen molar-refractivity contribution in [3.8, 4) is 0 Å². The number of ether oxygens (including phenoxy) is 2. The second kappa shape index (κ2) is 5.82. The number of fused-ring (bicyclic) bond motifs is 2. The van der Waals surface area contributed by atoms with Gasteiger partial charge in [0, 0.05) is 18.6 Å². The topological polar surface area (TPSA) is 30.5 Å². The third kappa shape index (κ3) is 2.55. The largest absolute Gasteiger partial charge is 0.381 e. The smallest absolute Gasteiger partial charge is 0.0637 e. The van der Waals surface area contributed by atoms with E-state index in [1.165, 1.54) is 25.7 Å². The number of likely N-dealkylation sites (N-methyl/N-ethyl adjacent to an activating group) is 1. The van der Waals surface area contributed by atoms with E-state index < -0.39 is 0 Å². The Labute approximate surface area is 130 Å². The van der Waals surface area contributed by atoms with Gasteiger partial charge in [0.2, 0.25) is 0 Å². The van der Waals surface area contributed by atoms with Gasteiger partial charge >= 0.3 is 0 Å². The molecule has 0 amide bonds. The summed E-state index contributed by atoms with van der Waals surface area (Å²) in [6.45, 7) is 13.3. The van der Waals surface area contributed by atoms with Crippen LogP contribution in [0.1, 0.15) is 53.4 Å². The minimum atomic E-state index is 0.376. The van der Waals surface area contributed by atoms with E-state index in [9.17, 15) is 0 Å². The highest BCUT2D eigenvalue weighted by Gasteiger charge is 2.61. The highest BCUT2D eigenvalue weighted by molar-refractivity contribution is 5.11. The van der Waals surface area contributed by atoms with Crippen LogP contribution in [0.5, 0.6) is 0 Å². The van der Waals surface area contributed by atoms with Crippen molar-refractivity contribution >= 4 is 0 Å². The van der Waals surface area contributed by atoms with Gasteiger partial charge in [-0.25, -0.2) is 0 Å². The summed E-state index contributed by atoms with van der Waals surface area (Å²) >= 11 is 0. The zero-order valence-electron chi connectivity index (χ0n) is 14.3. The summed E-state index contributed by atoms with van der Waals surface area (Å²) in [5.74, 6) is 1.49. The lowest BCUT2D eigenvalue weighted by Crippen LogP contribution is -2.44. The first kappa shape index (κ1) is 15.8. The van der Waals surface area contributed by atoms with Crippen molar-refractivity contribution in [3.05, 3.63) is 0 Å². The molecule has 2 bridgehead atoms. The van der Waals surface area contributed by atoms with Gasteiger partial charge in [-0.05, 0) is 49.0 Å². The Kier molecular flexibility index (Phi) is 4.37. The fraction of sp³-hybridized carbons (Fsp3) is 1.00. The number of hydrogen-bond donors (Lipinski definition) is 1. The van der Waals surface area contributed by atoms with Gasteiger partial charge < -0.3 is 14.8 Å². The zero-order valence-corrected chi connectivity index (χ0v) is 14.3. The predicted molar refractivity (Wildman–Crippen MR) is 85.4 cm³/mol. The van der Waals surface area contributed by atoms with Crippen LogP contribution in [0, 0.1) is 22.7 Å². The molecule has 1 saturated heterocycles. The molecule has 21 heavy (non-hydrogen) atoms. The summed E-state index contributed by atoms with van der Waals surface area (Å²) in [4.78, 5) is 0. The van der Waals surface area contributed by atoms with Crippen LogP contribution in [0.25, 0.3) is 0 Å². The molecule has 1 N–H and O–H groups in total. The van der Waals surface area contributed by atoms with Gasteiger partial charge in [-0.3, -0.25) is 0 Å². The van der Waals surface area contributed by atoms with Gasteiger partial charge in [0.15, 0.2) is 0 Å². The second-order valence-corrected chi connectivity index (χ2v) is 8.22. The predicted octanol–water partition coefficient (Wildman–Crippen LogP) is 3.23. The maximum absolute atomic E-state index is 6.48. The third-order valence-electron chi connectivity index (χ3n) is 7.19. The minimum absolute atomic E-state index is 0.376. The Morgan fingerprint density at radius 3 is 2.62 bits per heavy atom. The molecule has 0 spiro atoms. The monoisotopic (exact) mass is 295 g/mol. The Morgan fingerprint density at radius 2 is 2.10 bits per heavy atom. The van der Waals surface area contributed by atoms with E-state index in [0.29, 0.717) is 28.9 Å². The molecule has 1 heterocycles. The normalized spacial score (nSPS) is 42.6. The van der Waals surface area contributed by atoms with Crippen molar-refractivity contribution in [3.63, 3.8) is 0 Å². The van der Waals surface area contributed by atoms with Crippen LogP contribution in [-0.4, -0.2) is 38.5 Å². The number of hydrogen-bond acceptors (Lipinski definition) is 3. The average molecular weight is 295 g/mol. The van der Waals surface area contributed by atoms with Gasteiger partial charge in [-0.15, -0.1) is 0 Å². The van der Waals surface area contributed by atoms with Crippen LogP contribution in [0.4, 0.5) is 0 Å². The highest BCUT2D eigenvalue weighted by atomic mass is 16.5. The van der Waals surface area contributed by atoms with Crippen LogP contribution < -0.4 is 5.32 Å². The molecule has 0 aromatic heterocycles. The highest BCUT2D eigenvalue weighted by Crippen LogP contribution is 2.66. The molecule has 0 aromatic rings. The van der Waals surface area contributed by atoms with E-state index in [-0.39, 0.29) is 0 Å². The van der Waals surface area contributed by atoms with Crippen molar-refractivity contribution in [2.45, 2.75) is 65.5 Å². The van der Waals surface area contributed by atoms with Gasteiger partial charge in [0.25, 0.3) is 0 Å². The SMILES string of the molecule is CCNC(COC1CC2CCC1(C)C2(C)C)C1CCOC1. The van der Waals surface area contributed by atoms with Crippen LogP contribution in [0.2, 0.25) is 0 Å². The van der Waals surface area contributed by atoms with Crippen molar-refractivity contribution in [1.82, 2.24) is 5.32 Å². The number of nitrogens with one attached hydrogen (secondary N) is 1. The molecular weight excluding hydrogens is 262 g/mol. The summed E-state index contributed by atoms with van der Waals surface area (Å²) in [6, 6.07) is 0.461. The molecule has 3 rings (SSSR count). The van der Waals surface area contributed by atoms with E-state index in [0.717, 1.165) is 32.3 Å². The molecule has 1 aliphatic heterocycles. The molecule has 0 aromatic carbocycles. The lowest BCUT2D eigenvalue weighted by Gasteiger charge is -2.39. The van der Waals surface area contributed by atoms with E-state index in [4.69, 9.17) is 9.47 Å². The second-order valence-electron chi connectivity index (χ2n) is 8.22. The van der Waals surface area contributed by atoms with Crippen molar-refractivity contribution in [1.29, 1.82) is 0 Å². The van der Waals surface area contributed by atoms with Crippen LogP contribution in [0.15, 0.2) is 0 Å². The standard InChI is InChI=1S/C18H33NO2/c1-5-19-15(13-7-9-20-11-13)12-21-16-10-14-6-8-18(16,4)17(14,2)3/h13-16,19H,5-12H2,1-4H3. The van der Waals surface area contributed by atoms with E-state index in [1.54, 1.807) is 0 Å². The first-order valence-electron chi connectivity index (χ1n) is 8.91. The van der Waals surface area contributed by atoms with Crippen molar-refractivity contribution in [2.75, 3.05) is 26.4 Å². The van der Waals surface area contributed by atoms with Gasteiger partial charge in [-0.1, -0.05) is 27.7 Å². The molecule has 0 radical (unpaired) electrons. The first-order chi connectivity index (χ1) is 9.99. The maximum atomic E-state index is 6.48. The molecule has 5 atom stereocenters. The fourth-order valence-electron chi connectivity index (χ4n) is 5.10. The van der Waals surface area contributed by atoms with E-state index >= 15 is 0 Å². The molecule has 3 fully saturated rings. The van der Waals surface area contributed by atoms with Crippen LogP contribution >= 0.6 is 0 Å². The molecule has 3 heteroatoms. The maximum Gasteiger partial charge on any atom is 0.0637 e. The van der Waals surface area contributed by atoms with E-state index in [2.05, 4.69) is 33.0 Å². The van der Waals surface area contributed by atoms with Crippen molar-refractivity contribution in [2.24, 2.45) is 22.7 Å². The Bertz CT molecular complexity index is 364. The van der Waals surface area contributed by atoms with Crippen LogP contribution in [-0.2, 0) is 9.47 Å². The molecular formula is C18H33NO2. The zero-order chi connectivity index (χ0) is 15.1.